The molecule has 51 heavy (non-hydrogen) atoms. The predicted octanol–water partition coefficient (Wildman–Crippen LogP) is 13.9. The summed E-state index contributed by atoms with van der Waals surface area (Å²) in [6.07, 6.45) is 0. The van der Waals surface area contributed by atoms with Crippen molar-refractivity contribution >= 4 is 54.1 Å². The third kappa shape index (κ3) is 4.62. The van der Waals surface area contributed by atoms with Crippen LogP contribution in [0.3, 0.4) is 0 Å². The summed E-state index contributed by atoms with van der Waals surface area (Å²) < 4.78 is 2.45. The van der Waals surface area contributed by atoms with Crippen molar-refractivity contribution in [2.24, 2.45) is 0 Å². The van der Waals surface area contributed by atoms with Crippen LogP contribution in [0.2, 0.25) is 0 Å². The first-order chi connectivity index (χ1) is 25.1. The molecule has 0 saturated carbocycles. The van der Waals surface area contributed by atoms with E-state index >= 15 is 0 Å². The van der Waals surface area contributed by atoms with Crippen molar-refractivity contribution in [3.63, 3.8) is 0 Å². The highest BCUT2D eigenvalue weighted by Crippen LogP contribution is 2.49. The van der Waals surface area contributed by atoms with Crippen molar-refractivity contribution in [1.29, 1.82) is 0 Å². The summed E-state index contributed by atoms with van der Waals surface area (Å²) in [5.41, 5.74) is 13.6. The smallest absolute Gasteiger partial charge is 0.0541 e. The molecule has 240 valence electrons. The number of hydrogen-bond donors (Lipinski definition) is 0. The van der Waals surface area contributed by atoms with Crippen LogP contribution in [0, 0.1) is 13.8 Å². The Kier molecular flexibility index (Phi) is 6.69. The van der Waals surface area contributed by atoms with Gasteiger partial charge in [0.2, 0.25) is 0 Å². The van der Waals surface area contributed by atoms with Gasteiger partial charge in [-0.05, 0) is 122 Å². The van der Waals surface area contributed by atoms with Gasteiger partial charge in [0.1, 0.15) is 0 Å². The zero-order chi connectivity index (χ0) is 34.1. The Morgan fingerprint density at radius 2 is 0.843 bits per heavy atom. The van der Waals surface area contributed by atoms with Crippen LogP contribution < -0.4 is 0 Å². The van der Waals surface area contributed by atoms with E-state index in [1.54, 1.807) is 0 Å². The first-order valence-corrected chi connectivity index (χ1v) is 17.8. The van der Waals surface area contributed by atoms with Gasteiger partial charge in [0, 0.05) is 16.5 Å². The fraction of sp³-hybridized carbons (Fsp3) is 0.0400. The van der Waals surface area contributed by atoms with Gasteiger partial charge in [-0.3, -0.25) is 0 Å². The van der Waals surface area contributed by atoms with Gasteiger partial charge in [-0.1, -0.05) is 145 Å². The topological polar surface area (TPSA) is 4.93 Å². The quantitative estimate of drug-likeness (QED) is 0.167. The van der Waals surface area contributed by atoms with Crippen molar-refractivity contribution in [2.45, 2.75) is 13.8 Å². The Balaban J connectivity index is 1.41. The van der Waals surface area contributed by atoms with E-state index in [1.165, 1.54) is 104 Å². The summed E-state index contributed by atoms with van der Waals surface area (Å²) >= 11 is 0. The molecule has 0 aliphatic heterocycles. The Bertz CT molecular complexity index is 2890. The van der Waals surface area contributed by atoms with Crippen molar-refractivity contribution in [3.05, 3.63) is 187 Å². The largest absolute Gasteiger partial charge is 0.309 e. The van der Waals surface area contributed by atoms with E-state index in [2.05, 4.69) is 194 Å². The average Bonchev–Trinajstić information content (AvgIpc) is 3.50. The number of hydrogen-bond acceptors (Lipinski definition) is 0. The van der Waals surface area contributed by atoms with E-state index in [1.807, 2.05) is 0 Å². The SMILES string of the molecule is Cc1ccc2c(c1)c1cc(C)ccc1n2-c1ccc2c(c1)c1ccccc1c1c(-c3ccccc3)cc(-c3ccccc3)c(-c3ccccc3)c21. The molecule has 0 atom stereocenters. The third-order valence-electron chi connectivity index (χ3n) is 10.7. The second-order valence-corrected chi connectivity index (χ2v) is 13.8. The van der Waals surface area contributed by atoms with E-state index in [9.17, 15) is 0 Å². The van der Waals surface area contributed by atoms with Gasteiger partial charge >= 0.3 is 0 Å². The van der Waals surface area contributed by atoms with E-state index in [0.29, 0.717) is 0 Å². The minimum atomic E-state index is 1.17. The van der Waals surface area contributed by atoms with Crippen LogP contribution in [-0.4, -0.2) is 4.57 Å². The lowest BCUT2D eigenvalue weighted by Crippen LogP contribution is -1.97. The van der Waals surface area contributed by atoms with Gasteiger partial charge in [-0.2, -0.15) is 0 Å². The molecule has 0 aliphatic carbocycles. The van der Waals surface area contributed by atoms with Crippen LogP contribution in [0.25, 0.3) is 93.2 Å². The average molecular weight is 650 g/mol. The summed E-state index contributed by atoms with van der Waals surface area (Å²) in [5.74, 6) is 0. The minimum absolute atomic E-state index is 1.17. The molecule has 1 heteroatoms. The van der Waals surface area contributed by atoms with E-state index in [4.69, 9.17) is 0 Å². The summed E-state index contributed by atoms with van der Waals surface area (Å²) in [6.45, 7) is 4.37. The van der Waals surface area contributed by atoms with Crippen molar-refractivity contribution in [2.75, 3.05) is 0 Å². The maximum absolute atomic E-state index is 2.45. The third-order valence-corrected chi connectivity index (χ3v) is 10.7. The number of fused-ring (bicyclic) bond motifs is 9. The number of aromatic nitrogens is 1. The summed E-state index contributed by atoms with van der Waals surface area (Å²) in [7, 11) is 0. The molecule has 0 spiro atoms. The van der Waals surface area contributed by atoms with Crippen LogP contribution in [-0.2, 0) is 0 Å². The molecule has 10 rings (SSSR count). The Hall–Kier alpha value is -6.44. The molecule has 0 unspecified atom stereocenters. The highest BCUT2D eigenvalue weighted by Gasteiger charge is 2.22. The summed E-state index contributed by atoms with van der Waals surface area (Å²) in [4.78, 5) is 0. The number of rotatable bonds is 4. The molecule has 1 heterocycles. The zero-order valence-electron chi connectivity index (χ0n) is 28.7. The van der Waals surface area contributed by atoms with Crippen molar-refractivity contribution < 1.29 is 0 Å². The van der Waals surface area contributed by atoms with Crippen LogP contribution in [0.1, 0.15) is 11.1 Å². The molecule has 0 fully saturated rings. The fourth-order valence-electron chi connectivity index (χ4n) is 8.40. The number of benzene rings is 9. The standard InChI is InChI=1S/C50H35N/c1-32-22-26-46-44(28-32)45-29-33(2)23-27-47(45)51(46)37-24-25-40-43(30-37)38-20-12-13-21-39(38)49-42(35-16-8-4-9-17-35)31-41(34-14-6-3-7-15-34)48(50(40)49)36-18-10-5-11-19-36/h3-31H,1-2H3. The van der Waals surface area contributed by atoms with Gasteiger partial charge in [-0.15, -0.1) is 0 Å². The number of nitrogens with zero attached hydrogens (tertiary/aromatic N) is 1. The first-order valence-electron chi connectivity index (χ1n) is 17.8. The maximum atomic E-state index is 2.45. The van der Waals surface area contributed by atoms with Crippen molar-refractivity contribution in [1.82, 2.24) is 4.57 Å². The van der Waals surface area contributed by atoms with Crippen LogP contribution in [0.15, 0.2) is 176 Å². The molecular formula is C50H35N. The Morgan fingerprint density at radius 3 is 1.45 bits per heavy atom. The van der Waals surface area contributed by atoms with Gasteiger partial charge in [0.05, 0.1) is 11.0 Å². The van der Waals surface area contributed by atoms with Crippen LogP contribution >= 0.6 is 0 Å². The van der Waals surface area contributed by atoms with Crippen LogP contribution in [0.4, 0.5) is 0 Å². The molecule has 0 amide bonds. The van der Waals surface area contributed by atoms with Crippen LogP contribution in [0.5, 0.6) is 0 Å². The van der Waals surface area contributed by atoms with E-state index in [0.717, 1.165) is 0 Å². The second-order valence-electron chi connectivity index (χ2n) is 13.8. The Labute approximate surface area is 297 Å². The van der Waals surface area contributed by atoms with E-state index in [-0.39, 0.29) is 0 Å². The summed E-state index contributed by atoms with van der Waals surface area (Å²) in [5, 5.41) is 10.2. The minimum Gasteiger partial charge on any atom is -0.309 e. The predicted molar refractivity (Wildman–Crippen MR) is 219 cm³/mol. The lowest BCUT2D eigenvalue weighted by atomic mass is 9.81. The Morgan fingerprint density at radius 1 is 0.333 bits per heavy atom. The molecule has 9 aromatic carbocycles. The van der Waals surface area contributed by atoms with Gasteiger partial charge in [0.25, 0.3) is 0 Å². The zero-order valence-corrected chi connectivity index (χ0v) is 28.7. The van der Waals surface area contributed by atoms with Gasteiger partial charge in [0.15, 0.2) is 0 Å². The number of aryl methyl sites for hydroxylation is 2. The molecule has 1 aromatic heterocycles. The molecule has 10 aromatic rings. The fourth-order valence-corrected chi connectivity index (χ4v) is 8.40. The lowest BCUT2D eigenvalue weighted by molar-refractivity contribution is 1.18. The molecule has 0 bridgehead atoms. The maximum Gasteiger partial charge on any atom is 0.0541 e. The molecule has 0 saturated heterocycles. The van der Waals surface area contributed by atoms with Crippen molar-refractivity contribution in [3.8, 4) is 39.1 Å². The normalized spacial score (nSPS) is 11.7. The highest BCUT2D eigenvalue weighted by atomic mass is 15.0. The molecule has 0 radical (unpaired) electrons. The van der Waals surface area contributed by atoms with Gasteiger partial charge < -0.3 is 4.57 Å². The molecule has 1 nitrogen and oxygen atoms in total. The first kappa shape index (κ1) is 29.5. The second kappa shape index (κ2) is 11.6. The molecule has 0 N–H and O–H groups in total. The van der Waals surface area contributed by atoms with Gasteiger partial charge in [-0.25, -0.2) is 0 Å². The molecular weight excluding hydrogens is 615 g/mol. The highest BCUT2D eigenvalue weighted by molar-refractivity contribution is 6.33. The summed E-state index contributed by atoms with van der Waals surface area (Å²) in [6, 6.07) is 65.1. The lowest BCUT2D eigenvalue weighted by Gasteiger charge is -2.22. The van der Waals surface area contributed by atoms with E-state index < -0.39 is 0 Å². The monoisotopic (exact) mass is 649 g/mol. The molecule has 0 aliphatic rings.